The summed E-state index contributed by atoms with van der Waals surface area (Å²) in [6, 6.07) is 7.45. The van der Waals surface area contributed by atoms with Crippen LogP contribution in [0.25, 0.3) is 11.1 Å². The number of nitrogens with zero attached hydrogens (tertiary/aromatic N) is 2. The number of carbonyl (C=O) groups is 2. The molecule has 2 aromatic rings. The number of rotatable bonds is 11. The van der Waals surface area contributed by atoms with Crippen LogP contribution in [0.3, 0.4) is 0 Å². The van der Waals surface area contributed by atoms with E-state index in [1.54, 1.807) is 4.68 Å². The number of esters is 1. The van der Waals surface area contributed by atoms with Gasteiger partial charge in [0.25, 0.3) is 0 Å². The first-order chi connectivity index (χ1) is 18.7. The van der Waals surface area contributed by atoms with Gasteiger partial charge in [0.15, 0.2) is 20.2 Å². The van der Waals surface area contributed by atoms with E-state index in [2.05, 4.69) is 44.3 Å². The maximum absolute atomic E-state index is 13.0. The van der Waals surface area contributed by atoms with Crippen LogP contribution in [0.4, 0.5) is 10.6 Å². The minimum Gasteiger partial charge on any atom is -0.490 e. The molecule has 11 heteroatoms. The number of aromatic nitrogens is 2. The number of nitrogen functional groups attached to an aromatic ring is 1. The fourth-order valence-electron chi connectivity index (χ4n) is 3.47. The summed E-state index contributed by atoms with van der Waals surface area (Å²) < 4.78 is 25.0. The number of aryl methyl sites for hydroxylation is 1. The lowest BCUT2D eigenvalue weighted by molar-refractivity contribution is -0.165. The zero-order chi connectivity index (χ0) is 31.2. The monoisotopic (exact) mass is 590 g/mol. The fraction of sp³-hybridized carbons (Fsp3) is 0.633. The molecule has 1 amide bonds. The van der Waals surface area contributed by atoms with Crippen LogP contribution in [0.1, 0.15) is 68.7 Å². The van der Waals surface area contributed by atoms with Gasteiger partial charge in [0.05, 0.1) is 0 Å². The molecular weight excluding hydrogens is 540 g/mol. The molecule has 0 radical (unpaired) electrons. The first-order valence-corrected chi connectivity index (χ1v) is 17.0. The van der Waals surface area contributed by atoms with E-state index in [1.807, 2.05) is 72.0 Å². The van der Waals surface area contributed by atoms with Crippen molar-refractivity contribution in [2.75, 3.05) is 18.9 Å². The highest BCUT2D eigenvalue weighted by Crippen LogP contribution is 2.37. The van der Waals surface area contributed by atoms with Crippen molar-refractivity contribution >= 4 is 26.2 Å². The second kappa shape index (κ2) is 13.3. The van der Waals surface area contributed by atoms with Gasteiger partial charge in [0.1, 0.15) is 23.6 Å². The highest BCUT2D eigenvalue weighted by atomic mass is 28.4. The van der Waals surface area contributed by atoms with Gasteiger partial charge in [-0.05, 0) is 83.8 Å². The van der Waals surface area contributed by atoms with Crippen molar-refractivity contribution < 1.29 is 28.2 Å². The van der Waals surface area contributed by atoms with E-state index in [1.165, 1.54) is 0 Å². The predicted octanol–water partition coefficient (Wildman–Crippen LogP) is 6.16. The third-order valence-corrected chi connectivity index (χ3v) is 11.0. The number of ether oxygens (including phenoxy) is 3. The lowest BCUT2D eigenvalue weighted by Gasteiger charge is -2.39. The summed E-state index contributed by atoms with van der Waals surface area (Å²) in [4.78, 5) is 24.8. The number of nitrogens with two attached hydrogens (primary N) is 1. The molecular formula is C30H50N4O6Si. The van der Waals surface area contributed by atoms with Crippen LogP contribution in [0, 0.1) is 0 Å². The van der Waals surface area contributed by atoms with Crippen LogP contribution in [-0.2, 0) is 25.2 Å². The van der Waals surface area contributed by atoms with E-state index in [0.717, 1.165) is 11.1 Å². The van der Waals surface area contributed by atoms with Crippen molar-refractivity contribution in [1.82, 2.24) is 15.1 Å². The average molecular weight is 591 g/mol. The molecule has 230 valence electrons. The number of carbonyl (C=O) groups excluding carboxylic acids is 2. The Morgan fingerprint density at radius 2 is 1.56 bits per heavy atom. The second-order valence-corrected chi connectivity index (χ2v) is 18.5. The van der Waals surface area contributed by atoms with Crippen molar-refractivity contribution in [3.8, 4) is 16.9 Å². The van der Waals surface area contributed by atoms with Crippen molar-refractivity contribution in [2.24, 2.45) is 0 Å². The highest BCUT2D eigenvalue weighted by Gasteiger charge is 2.42. The molecule has 0 aliphatic carbocycles. The number of amides is 1. The van der Waals surface area contributed by atoms with Gasteiger partial charge in [0, 0.05) is 24.8 Å². The zero-order valence-electron chi connectivity index (χ0n) is 26.7. The molecule has 1 aromatic carbocycles. The van der Waals surface area contributed by atoms with Crippen molar-refractivity contribution in [3.05, 3.63) is 30.5 Å². The summed E-state index contributed by atoms with van der Waals surface area (Å²) >= 11 is 0. The van der Waals surface area contributed by atoms with Gasteiger partial charge >= 0.3 is 12.1 Å². The van der Waals surface area contributed by atoms with Crippen LogP contribution in [-0.4, -0.2) is 60.6 Å². The van der Waals surface area contributed by atoms with Crippen LogP contribution in [0.5, 0.6) is 5.75 Å². The Bertz CT molecular complexity index is 1160. The van der Waals surface area contributed by atoms with Crippen molar-refractivity contribution in [1.29, 1.82) is 0 Å². The van der Waals surface area contributed by atoms with E-state index in [0.29, 0.717) is 31.1 Å². The van der Waals surface area contributed by atoms with E-state index in [-0.39, 0.29) is 11.6 Å². The maximum atomic E-state index is 13.0. The summed E-state index contributed by atoms with van der Waals surface area (Å²) in [6.45, 7) is 22.6. The van der Waals surface area contributed by atoms with Gasteiger partial charge in [-0.2, -0.15) is 5.10 Å². The second-order valence-electron chi connectivity index (χ2n) is 13.7. The summed E-state index contributed by atoms with van der Waals surface area (Å²) in [5, 5.41) is 7.07. The molecule has 2 rings (SSSR count). The number of hydrogen-bond acceptors (Lipinski definition) is 8. The normalized spacial score (nSPS) is 13.4. The molecule has 0 spiro atoms. The minimum absolute atomic E-state index is 0.0399. The summed E-state index contributed by atoms with van der Waals surface area (Å²) in [7, 11) is -2.26. The molecule has 0 bridgehead atoms. The quantitative estimate of drug-likeness (QED) is 0.181. The Morgan fingerprint density at radius 1 is 0.976 bits per heavy atom. The molecule has 1 unspecified atom stereocenters. The number of nitrogens with one attached hydrogen (secondary N) is 1. The fourth-order valence-corrected chi connectivity index (χ4v) is 4.70. The van der Waals surface area contributed by atoms with Gasteiger partial charge in [-0.3, -0.25) is 4.68 Å². The maximum Gasteiger partial charge on any atom is 0.407 e. The number of anilines is 1. The minimum atomic E-state index is -2.26. The Hall–Kier alpha value is -3.05. The average Bonchev–Trinajstić information content (AvgIpc) is 3.17. The zero-order valence-corrected chi connectivity index (χ0v) is 27.7. The van der Waals surface area contributed by atoms with Gasteiger partial charge < -0.3 is 29.7 Å². The van der Waals surface area contributed by atoms with Crippen molar-refractivity contribution in [3.63, 3.8) is 0 Å². The van der Waals surface area contributed by atoms with Gasteiger partial charge in [0.2, 0.25) is 0 Å². The lowest BCUT2D eigenvalue weighted by atomic mass is 10.1. The Balaban J connectivity index is 2.02. The largest absolute Gasteiger partial charge is 0.490 e. The molecule has 1 atom stereocenters. The van der Waals surface area contributed by atoms with Crippen LogP contribution >= 0.6 is 0 Å². The molecule has 3 N–H and O–H groups in total. The summed E-state index contributed by atoms with van der Waals surface area (Å²) in [5.74, 6) is 0.576. The van der Waals surface area contributed by atoms with Crippen LogP contribution in [0.2, 0.25) is 18.1 Å². The lowest BCUT2D eigenvalue weighted by Crippen LogP contribution is -2.49. The molecule has 10 nitrogen and oxygen atoms in total. The van der Waals surface area contributed by atoms with Gasteiger partial charge in [-0.15, -0.1) is 0 Å². The summed E-state index contributed by atoms with van der Waals surface area (Å²) in [5.41, 5.74) is 6.71. The van der Waals surface area contributed by atoms with Crippen LogP contribution in [0.15, 0.2) is 30.5 Å². The smallest absolute Gasteiger partial charge is 0.407 e. The van der Waals surface area contributed by atoms with Gasteiger partial charge in [-0.25, -0.2) is 9.59 Å². The standard InChI is InChI=1S/C30H50N4O6Si/c1-28(2,3)38-26(35)24(40-41(10,11)30(7,8)9)20-37-22-15-13-21(14-16-22)23-19-34(33-25(23)31)18-12-17-32-27(36)39-29(4,5)6/h13-16,19,24H,12,17-18,20H2,1-11H3,(H2,31,33)(H,32,36). The highest BCUT2D eigenvalue weighted by molar-refractivity contribution is 6.74. The molecule has 0 fully saturated rings. The van der Waals surface area contributed by atoms with E-state index >= 15 is 0 Å². The topological polar surface area (TPSA) is 127 Å². The third kappa shape index (κ3) is 11.4. The van der Waals surface area contributed by atoms with Crippen LogP contribution < -0.4 is 15.8 Å². The molecule has 0 saturated heterocycles. The first kappa shape index (κ1) is 34.1. The predicted molar refractivity (Wildman–Crippen MR) is 164 cm³/mol. The third-order valence-electron chi connectivity index (χ3n) is 6.50. The summed E-state index contributed by atoms with van der Waals surface area (Å²) in [6.07, 6.45) is 1.27. The molecule has 1 aromatic heterocycles. The van der Waals surface area contributed by atoms with E-state index in [9.17, 15) is 9.59 Å². The number of benzene rings is 1. The molecule has 0 aliphatic heterocycles. The SMILES string of the molecule is CC(C)(C)OC(=O)NCCCn1cc(-c2ccc(OCC(O[Si](C)(C)C(C)(C)C)C(=O)OC(C)(C)C)cc2)c(N)n1. The molecule has 41 heavy (non-hydrogen) atoms. The Morgan fingerprint density at radius 3 is 2.10 bits per heavy atom. The molecule has 0 aliphatic rings. The first-order valence-electron chi connectivity index (χ1n) is 14.1. The van der Waals surface area contributed by atoms with E-state index in [4.69, 9.17) is 24.4 Å². The van der Waals surface area contributed by atoms with Crippen molar-refractivity contribution in [2.45, 2.75) is 111 Å². The Labute approximate surface area is 246 Å². The molecule has 0 saturated carbocycles. The van der Waals surface area contributed by atoms with Gasteiger partial charge in [-0.1, -0.05) is 32.9 Å². The Kier molecular flexibility index (Phi) is 11.1. The number of alkyl carbamates (subject to hydrolysis) is 1. The van der Waals surface area contributed by atoms with E-state index < -0.39 is 37.7 Å². The number of hydrogen-bond donors (Lipinski definition) is 2. The molecule has 1 heterocycles.